The highest BCUT2D eigenvalue weighted by atomic mass is 16.6. The van der Waals surface area contributed by atoms with Crippen LogP contribution >= 0.6 is 0 Å². The topological polar surface area (TPSA) is 135 Å². The van der Waals surface area contributed by atoms with Gasteiger partial charge < -0.3 is 30.7 Å². The molecule has 2 rings (SSSR count). The highest BCUT2D eigenvalue weighted by Gasteiger charge is 2.25. The Kier molecular flexibility index (Phi) is 20.1. The normalized spacial score (nSPS) is 12.2. The third kappa shape index (κ3) is 17.7. The molecule has 0 saturated heterocycles. The first-order valence-electron chi connectivity index (χ1n) is 17.7. The van der Waals surface area contributed by atoms with E-state index in [0.29, 0.717) is 13.1 Å². The van der Waals surface area contributed by atoms with Crippen LogP contribution in [0.2, 0.25) is 0 Å². The standard InChI is InChI=1S/C38H58N4O6/c1-29(2)33(41-37(45)47-27-31-21-15-13-16-22-31)35(43)39-25-19-11-9-7-5-6-8-10-12-20-26-40-36(44)34(30(3)4)42-38(46)48-28-32-23-17-14-18-24-32/h13-18,21-24,29-30,33-34H,5-12,19-20,25-28H2,1-4H3,(H,39,43)(H,40,44)(H,41,45)(H,42,46). The molecule has 0 aromatic heterocycles. The van der Waals surface area contributed by atoms with Crippen LogP contribution in [0.1, 0.15) is 103 Å². The second-order valence-corrected chi connectivity index (χ2v) is 13.0. The smallest absolute Gasteiger partial charge is 0.408 e. The van der Waals surface area contributed by atoms with Gasteiger partial charge in [-0.25, -0.2) is 9.59 Å². The van der Waals surface area contributed by atoms with E-state index >= 15 is 0 Å². The summed E-state index contributed by atoms with van der Waals surface area (Å²) in [5.74, 6) is -0.486. The van der Waals surface area contributed by atoms with E-state index in [1.807, 2.05) is 88.4 Å². The quantitative estimate of drug-likeness (QED) is 0.0942. The Morgan fingerprint density at radius 1 is 0.500 bits per heavy atom. The van der Waals surface area contributed by atoms with Crippen LogP contribution in [-0.2, 0) is 32.3 Å². The molecule has 4 amide bonds. The van der Waals surface area contributed by atoms with Gasteiger partial charge in [-0.1, -0.05) is 140 Å². The second-order valence-electron chi connectivity index (χ2n) is 13.0. The number of benzene rings is 2. The number of nitrogens with one attached hydrogen (secondary N) is 4. The van der Waals surface area contributed by atoms with Crippen molar-refractivity contribution >= 4 is 24.0 Å². The molecule has 2 unspecified atom stereocenters. The summed E-state index contributed by atoms with van der Waals surface area (Å²) in [5, 5.41) is 11.3. The lowest BCUT2D eigenvalue weighted by Crippen LogP contribution is -2.50. The molecule has 0 bridgehead atoms. The number of carbonyl (C=O) groups is 4. The van der Waals surface area contributed by atoms with Gasteiger partial charge in [-0.05, 0) is 35.8 Å². The van der Waals surface area contributed by atoms with Gasteiger partial charge in [-0.2, -0.15) is 0 Å². The zero-order valence-corrected chi connectivity index (χ0v) is 29.4. The first kappa shape index (κ1) is 40.1. The van der Waals surface area contributed by atoms with Crippen molar-refractivity contribution in [3.05, 3.63) is 71.8 Å². The molecule has 4 N–H and O–H groups in total. The van der Waals surface area contributed by atoms with Crippen molar-refractivity contribution in [1.82, 2.24) is 21.3 Å². The minimum absolute atomic E-state index is 0.0597. The Labute approximate surface area is 287 Å². The molecule has 0 saturated carbocycles. The molecule has 0 spiro atoms. The van der Waals surface area contributed by atoms with Crippen molar-refractivity contribution < 1.29 is 28.7 Å². The third-order valence-electron chi connectivity index (χ3n) is 8.07. The predicted octanol–water partition coefficient (Wildman–Crippen LogP) is 7.02. The van der Waals surface area contributed by atoms with E-state index in [4.69, 9.17) is 9.47 Å². The third-order valence-corrected chi connectivity index (χ3v) is 8.07. The lowest BCUT2D eigenvalue weighted by Gasteiger charge is -2.21. The van der Waals surface area contributed by atoms with E-state index in [0.717, 1.165) is 49.7 Å². The first-order valence-corrected chi connectivity index (χ1v) is 17.7. The molecule has 2 atom stereocenters. The molecule has 0 aliphatic carbocycles. The minimum atomic E-state index is -0.639. The monoisotopic (exact) mass is 666 g/mol. The summed E-state index contributed by atoms with van der Waals surface area (Å²) in [6.45, 7) is 9.10. The number of alkyl carbamates (subject to hydrolysis) is 2. The Balaban J connectivity index is 1.44. The molecule has 266 valence electrons. The summed E-state index contributed by atoms with van der Waals surface area (Å²) in [6.07, 6.45) is 9.71. The highest BCUT2D eigenvalue weighted by Crippen LogP contribution is 2.11. The van der Waals surface area contributed by atoms with Crippen LogP contribution in [-0.4, -0.2) is 49.2 Å². The molecule has 0 fully saturated rings. The fourth-order valence-corrected chi connectivity index (χ4v) is 5.16. The lowest BCUT2D eigenvalue weighted by atomic mass is 10.0. The number of unbranched alkanes of at least 4 members (excludes halogenated alkanes) is 9. The van der Waals surface area contributed by atoms with E-state index in [2.05, 4.69) is 21.3 Å². The van der Waals surface area contributed by atoms with E-state index in [-0.39, 0.29) is 36.9 Å². The Morgan fingerprint density at radius 2 is 0.812 bits per heavy atom. The van der Waals surface area contributed by atoms with Crippen molar-refractivity contribution in [2.45, 2.75) is 117 Å². The largest absolute Gasteiger partial charge is 0.445 e. The Bertz CT molecular complexity index is 1100. The van der Waals surface area contributed by atoms with Crippen LogP contribution in [0.3, 0.4) is 0 Å². The van der Waals surface area contributed by atoms with Gasteiger partial charge in [0.1, 0.15) is 25.3 Å². The molecule has 0 aliphatic rings. The minimum Gasteiger partial charge on any atom is -0.445 e. The van der Waals surface area contributed by atoms with Gasteiger partial charge in [-0.3, -0.25) is 9.59 Å². The maximum absolute atomic E-state index is 12.7. The average Bonchev–Trinajstić information content (AvgIpc) is 3.08. The fraction of sp³-hybridized carbons (Fsp3) is 0.579. The molecule has 10 heteroatoms. The van der Waals surface area contributed by atoms with Crippen molar-refractivity contribution in [1.29, 1.82) is 0 Å². The van der Waals surface area contributed by atoms with Gasteiger partial charge >= 0.3 is 12.2 Å². The number of rotatable bonds is 23. The summed E-state index contributed by atoms with van der Waals surface area (Å²) >= 11 is 0. The SMILES string of the molecule is CC(C)C(NC(=O)OCc1ccccc1)C(=O)NCCCCCCCCCCCCNC(=O)C(NC(=O)OCc1ccccc1)C(C)C. The van der Waals surface area contributed by atoms with Gasteiger partial charge in [0.05, 0.1) is 0 Å². The average molecular weight is 667 g/mol. The molecule has 2 aromatic rings. The summed E-state index contributed by atoms with van der Waals surface area (Å²) in [7, 11) is 0. The fourth-order valence-electron chi connectivity index (χ4n) is 5.16. The van der Waals surface area contributed by atoms with Crippen LogP contribution in [0.25, 0.3) is 0 Å². The van der Waals surface area contributed by atoms with Gasteiger partial charge in [-0.15, -0.1) is 0 Å². The molecule has 48 heavy (non-hydrogen) atoms. The number of amides is 4. The van der Waals surface area contributed by atoms with E-state index in [1.54, 1.807) is 0 Å². The van der Waals surface area contributed by atoms with Crippen molar-refractivity contribution in [2.24, 2.45) is 11.8 Å². The van der Waals surface area contributed by atoms with Gasteiger partial charge in [0.2, 0.25) is 11.8 Å². The second kappa shape index (κ2) is 24.1. The molecule has 0 aliphatic heterocycles. The summed E-state index contributed by atoms with van der Waals surface area (Å²) < 4.78 is 10.5. The van der Waals surface area contributed by atoms with Crippen LogP contribution in [0.4, 0.5) is 9.59 Å². The Morgan fingerprint density at radius 3 is 1.12 bits per heavy atom. The Hall–Kier alpha value is -4.08. The van der Waals surface area contributed by atoms with Gasteiger partial charge in [0.25, 0.3) is 0 Å². The molecule has 0 radical (unpaired) electrons. The lowest BCUT2D eigenvalue weighted by molar-refractivity contribution is -0.124. The summed E-state index contributed by atoms with van der Waals surface area (Å²) in [4.78, 5) is 49.8. The van der Waals surface area contributed by atoms with E-state index in [1.165, 1.54) is 25.7 Å². The molecular weight excluding hydrogens is 608 g/mol. The number of carbonyl (C=O) groups excluding carboxylic acids is 4. The van der Waals surface area contributed by atoms with Crippen LogP contribution in [0.15, 0.2) is 60.7 Å². The predicted molar refractivity (Wildman–Crippen MR) is 189 cm³/mol. The maximum atomic E-state index is 12.7. The molecule has 2 aromatic carbocycles. The van der Waals surface area contributed by atoms with Crippen molar-refractivity contribution in [3.63, 3.8) is 0 Å². The zero-order valence-electron chi connectivity index (χ0n) is 29.4. The van der Waals surface area contributed by atoms with Crippen LogP contribution < -0.4 is 21.3 Å². The number of hydrogen-bond acceptors (Lipinski definition) is 6. The number of ether oxygens (including phenoxy) is 2. The van der Waals surface area contributed by atoms with Crippen molar-refractivity contribution in [2.75, 3.05) is 13.1 Å². The zero-order chi connectivity index (χ0) is 35.0. The van der Waals surface area contributed by atoms with Gasteiger partial charge in [0.15, 0.2) is 0 Å². The van der Waals surface area contributed by atoms with Crippen LogP contribution in [0, 0.1) is 11.8 Å². The van der Waals surface area contributed by atoms with Crippen molar-refractivity contribution in [3.8, 4) is 0 Å². The van der Waals surface area contributed by atoms with E-state index < -0.39 is 24.3 Å². The molecule has 10 nitrogen and oxygen atoms in total. The summed E-state index contributed by atoms with van der Waals surface area (Å²) in [5.41, 5.74) is 1.78. The molecular formula is C38H58N4O6. The molecule has 0 heterocycles. The maximum Gasteiger partial charge on any atom is 0.408 e. The van der Waals surface area contributed by atoms with E-state index in [9.17, 15) is 19.2 Å². The summed E-state index contributed by atoms with van der Waals surface area (Å²) in [6, 6.07) is 17.6. The number of hydrogen-bond donors (Lipinski definition) is 4. The first-order chi connectivity index (χ1) is 23.2. The highest BCUT2D eigenvalue weighted by molar-refractivity contribution is 5.86. The van der Waals surface area contributed by atoms with Crippen LogP contribution in [0.5, 0.6) is 0 Å². The van der Waals surface area contributed by atoms with Gasteiger partial charge in [0, 0.05) is 13.1 Å².